The number of fused-ring (bicyclic) bond motifs is 3. The summed E-state index contributed by atoms with van der Waals surface area (Å²) in [6.07, 6.45) is 8.85. The molecule has 6 nitrogen and oxygen atoms in total. The molecule has 0 aliphatic rings. The molecule has 8 heteroatoms. The number of ether oxygens (including phenoxy) is 2. The first-order chi connectivity index (χ1) is 22.4. The molecule has 7 aromatic rings. The van der Waals surface area contributed by atoms with Crippen LogP contribution in [0.1, 0.15) is 36.5 Å². The van der Waals surface area contributed by atoms with Gasteiger partial charge in [-0.2, -0.15) is 11.2 Å². The molecule has 0 fully saturated rings. The number of nitrogens with zero attached hydrogens (tertiary/aromatic N) is 4. The number of unbranched alkanes of at least 4 members (excludes halogenated alkanes) is 1. The van der Waals surface area contributed by atoms with Crippen molar-refractivity contribution < 1.29 is 34.9 Å². The van der Waals surface area contributed by atoms with E-state index in [1.807, 2.05) is 59.4 Å². The molecule has 0 bridgehead atoms. The molecule has 0 N–H and O–H groups in total. The Balaban J connectivity index is 0.00000386. The molecule has 47 heavy (non-hydrogen) atoms. The predicted molar refractivity (Wildman–Crippen MR) is 180 cm³/mol. The Morgan fingerprint density at radius 3 is 2.49 bits per heavy atom. The number of halogens is 1. The first-order valence-corrected chi connectivity index (χ1v) is 15.4. The van der Waals surface area contributed by atoms with Gasteiger partial charge in [0.1, 0.15) is 11.6 Å². The summed E-state index contributed by atoms with van der Waals surface area (Å²) < 4.78 is 30.3. The number of pyridine rings is 1. The largest absolute Gasteiger partial charge is 2.00 e. The van der Waals surface area contributed by atoms with Gasteiger partial charge in [0, 0.05) is 46.9 Å². The summed E-state index contributed by atoms with van der Waals surface area (Å²) in [5, 5.41) is 6.61. The maximum atomic E-state index is 15.0. The van der Waals surface area contributed by atoms with Gasteiger partial charge in [-0.15, -0.1) is 29.7 Å². The monoisotopic (exact) mass is 803 g/mol. The minimum Gasteiger partial charge on any atom is -0.509 e. The molecule has 7 rings (SSSR count). The molecule has 0 unspecified atom stereocenters. The van der Waals surface area contributed by atoms with Crippen LogP contribution >= 0.6 is 0 Å². The maximum Gasteiger partial charge on any atom is 2.00 e. The standard InChI is InChI=1S/C39H33FN4O2.Pt/c1-5-6-9-27-16-25(2)39(26(3)17-27)28-23-42-43(24-28)30-18-29(40)19-33(20-30)46-32-12-13-35-34-10-7-8-11-36(34)44(37(35)21-32)38-22-31(45-4)14-15-41-38;/h7-8,10-19,22-24H,5-6,9H2,1-4H3;/q-2;+2. The normalized spacial score (nSPS) is 11.2. The van der Waals surface area contributed by atoms with Gasteiger partial charge in [-0.3, -0.25) is 4.68 Å². The Morgan fingerprint density at radius 2 is 1.70 bits per heavy atom. The SMILES string of the molecule is CCCCc1cc(C)c(-c2cnn(-c3[c-]c(Oc4[c-]c5c(cc4)c4ccccc4n5-c4cc(OC)ccn4)cc(F)c3)c2)c(C)c1.[Pt+2]. The first-order valence-electron chi connectivity index (χ1n) is 15.4. The molecule has 0 saturated carbocycles. The van der Waals surface area contributed by atoms with Crippen molar-refractivity contribution >= 4 is 21.8 Å². The summed E-state index contributed by atoms with van der Waals surface area (Å²) in [6.45, 7) is 6.47. The maximum absolute atomic E-state index is 15.0. The minimum atomic E-state index is -0.454. The summed E-state index contributed by atoms with van der Waals surface area (Å²) >= 11 is 0. The van der Waals surface area contributed by atoms with Gasteiger partial charge >= 0.3 is 21.1 Å². The van der Waals surface area contributed by atoms with Gasteiger partial charge in [0.2, 0.25) is 0 Å². The van der Waals surface area contributed by atoms with Gasteiger partial charge < -0.3 is 14.0 Å². The predicted octanol–water partition coefficient (Wildman–Crippen LogP) is 9.53. The van der Waals surface area contributed by atoms with E-state index in [1.54, 1.807) is 18.0 Å². The summed E-state index contributed by atoms with van der Waals surface area (Å²) in [5.74, 6) is 1.57. The van der Waals surface area contributed by atoms with Crippen LogP contribution in [0.25, 0.3) is 44.4 Å². The fraction of sp³-hybridized carbons (Fsp3) is 0.179. The summed E-state index contributed by atoms with van der Waals surface area (Å²) in [6, 6.07) is 29.4. The molecular weight excluding hydrogens is 771 g/mol. The Kier molecular flexibility index (Phi) is 9.28. The van der Waals surface area contributed by atoms with Gasteiger partial charge in [-0.1, -0.05) is 55.3 Å². The third-order valence-corrected chi connectivity index (χ3v) is 8.28. The van der Waals surface area contributed by atoms with E-state index in [2.05, 4.69) is 61.2 Å². The molecule has 0 radical (unpaired) electrons. The van der Waals surface area contributed by atoms with Crippen LogP contribution in [-0.4, -0.2) is 26.4 Å². The van der Waals surface area contributed by atoms with E-state index >= 15 is 0 Å². The van der Waals surface area contributed by atoms with E-state index in [0.717, 1.165) is 39.4 Å². The van der Waals surface area contributed by atoms with Gasteiger partial charge in [-0.05, 0) is 72.1 Å². The van der Waals surface area contributed by atoms with Crippen molar-refractivity contribution in [2.75, 3.05) is 7.11 Å². The van der Waals surface area contributed by atoms with Crippen molar-refractivity contribution in [3.8, 4) is 39.9 Å². The molecule has 4 aromatic carbocycles. The Hall–Kier alpha value is -4.74. The van der Waals surface area contributed by atoms with Crippen molar-refractivity contribution in [1.29, 1.82) is 0 Å². The second-order valence-corrected chi connectivity index (χ2v) is 11.5. The Bertz CT molecular complexity index is 2200. The zero-order valence-corrected chi connectivity index (χ0v) is 28.9. The van der Waals surface area contributed by atoms with Crippen molar-refractivity contribution in [1.82, 2.24) is 19.3 Å². The number of rotatable bonds is 9. The molecule has 0 atom stereocenters. The van der Waals surface area contributed by atoms with Gasteiger partial charge in [0.25, 0.3) is 0 Å². The van der Waals surface area contributed by atoms with Gasteiger partial charge in [0.05, 0.1) is 13.3 Å². The molecule has 3 aromatic heterocycles. The van der Waals surface area contributed by atoms with E-state index in [0.29, 0.717) is 23.0 Å². The number of hydrogen-bond donors (Lipinski definition) is 0. The van der Waals surface area contributed by atoms with Crippen molar-refractivity contribution in [2.24, 2.45) is 0 Å². The minimum absolute atomic E-state index is 0. The summed E-state index contributed by atoms with van der Waals surface area (Å²) in [5.41, 5.74) is 8.05. The number of methoxy groups -OCH3 is 1. The second kappa shape index (κ2) is 13.5. The van der Waals surface area contributed by atoms with Crippen LogP contribution in [0.2, 0.25) is 0 Å². The van der Waals surface area contributed by atoms with Crippen LogP contribution < -0.4 is 9.47 Å². The zero-order valence-electron chi connectivity index (χ0n) is 26.6. The van der Waals surface area contributed by atoms with Crippen LogP contribution in [0, 0.1) is 31.8 Å². The third-order valence-electron chi connectivity index (χ3n) is 8.28. The molecular formula is C39H33FN4O2Pt. The summed E-state index contributed by atoms with van der Waals surface area (Å²) in [4.78, 5) is 4.61. The molecule has 0 spiro atoms. The summed E-state index contributed by atoms with van der Waals surface area (Å²) in [7, 11) is 1.63. The topological polar surface area (TPSA) is 54.1 Å². The number of aromatic nitrogens is 4. The number of aryl methyl sites for hydroxylation is 3. The fourth-order valence-electron chi connectivity index (χ4n) is 6.23. The van der Waals surface area contributed by atoms with Crippen LogP contribution in [0.5, 0.6) is 17.2 Å². The van der Waals surface area contributed by atoms with Gasteiger partial charge in [-0.25, -0.2) is 9.37 Å². The van der Waals surface area contributed by atoms with Crippen LogP contribution in [-0.2, 0) is 27.5 Å². The fourth-order valence-corrected chi connectivity index (χ4v) is 6.23. The van der Waals surface area contributed by atoms with Crippen molar-refractivity contribution in [2.45, 2.75) is 40.0 Å². The Morgan fingerprint density at radius 1 is 0.894 bits per heavy atom. The van der Waals surface area contributed by atoms with Crippen LogP contribution in [0.15, 0.2) is 91.4 Å². The molecule has 3 heterocycles. The van der Waals surface area contributed by atoms with Crippen LogP contribution in [0.3, 0.4) is 0 Å². The number of benzene rings is 4. The number of hydrogen-bond acceptors (Lipinski definition) is 4. The molecule has 0 saturated heterocycles. The smallest absolute Gasteiger partial charge is 0.509 e. The van der Waals surface area contributed by atoms with Crippen molar-refractivity contribution in [3.63, 3.8) is 0 Å². The average Bonchev–Trinajstić information content (AvgIpc) is 3.66. The zero-order chi connectivity index (χ0) is 31.8. The van der Waals surface area contributed by atoms with E-state index in [9.17, 15) is 4.39 Å². The second-order valence-electron chi connectivity index (χ2n) is 11.5. The third kappa shape index (κ3) is 6.33. The average molecular weight is 804 g/mol. The van der Waals surface area contributed by atoms with Gasteiger partial charge in [0.15, 0.2) is 0 Å². The van der Waals surface area contributed by atoms with E-state index in [-0.39, 0.29) is 26.8 Å². The van der Waals surface area contributed by atoms with Crippen molar-refractivity contribution in [3.05, 3.63) is 126 Å². The first kappa shape index (κ1) is 32.2. The molecule has 238 valence electrons. The number of para-hydroxylation sites is 1. The molecule has 0 amide bonds. The molecule has 0 aliphatic heterocycles. The quantitative estimate of drug-likeness (QED) is 0.137. The van der Waals surface area contributed by atoms with Crippen LogP contribution in [0.4, 0.5) is 4.39 Å². The Labute approximate surface area is 288 Å². The van der Waals surface area contributed by atoms with E-state index in [4.69, 9.17) is 9.47 Å². The van der Waals surface area contributed by atoms with E-state index < -0.39 is 5.82 Å². The molecule has 0 aliphatic carbocycles. The van der Waals surface area contributed by atoms with E-state index in [1.165, 1.54) is 41.7 Å².